The van der Waals surface area contributed by atoms with Crippen LogP contribution in [0.3, 0.4) is 0 Å². The first-order valence-corrected chi connectivity index (χ1v) is 21.8. The molecule has 0 radical (unpaired) electrons. The maximum atomic E-state index is 10.2. The van der Waals surface area contributed by atoms with E-state index in [0.717, 1.165) is 41.7 Å². The first-order valence-electron chi connectivity index (χ1n) is 21.8. The van der Waals surface area contributed by atoms with Crippen molar-refractivity contribution in [2.45, 2.75) is 140 Å². The Morgan fingerprint density at radius 1 is 0.768 bits per heavy atom. The van der Waals surface area contributed by atoms with E-state index < -0.39 is 4.92 Å². The molecule has 6 rings (SSSR count). The smallest absolute Gasteiger partial charge is 0.269 e. The Kier molecular flexibility index (Phi) is 24.2. The summed E-state index contributed by atoms with van der Waals surface area (Å²) in [5, 5.41) is 13.1. The Balaban J connectivity index is 0.000000590. The fourth-order valence-electron chi connectivity index (χ4n) is 6.76. The molecule has 0 aromatic heterocycles. The molecular formula is C52H76N2O2. The lowest BCUT2D eigenvalue weighted by atomic mass is 9.67. The third-order valence-corrected chi connectivity index (χ3v) is 10.3. The van der Waals surface area contributed by atoms with Gasteiger partial charge in [-0.25, -0.2) is 0 Å². The van der Waals surface area contributed by atoms with Gasteiger partial charge in [-0.3, -0.25) is 10.1 Å². The standard InChI is InChI=1S/C34H38.C7H8N2O2.C5H12.3C2H6/c1-5-7-34-30(6-2)32(20-21-33(34)28-12-10-25(11-13-28)24-8-9-24)27-16-14-26(15-17-27)31-19-18-29(31)22-23(3)4;1-8-6-2-4-7(5-3-6)9(10)11;1-4-5(2)3;3*1-2/h2,7,10-17,20-21,23-24,29-31H,5,8-9,18-19,22H2,1,3-4H3;2-5,8H,1H3;5H,4H2,1-3H3;3*1-2H3/b34-7-;;;;;. The second kappa shape index (κ2) is 27.3. The molecule has 3 atom stereocenters. The van der Waals surface area contributed by atoms with Crippen molar-refractivity contribution in [2.75, 3.05) is 12.4 Å². The number of nitro benzene ring substituents is 1. The maximum absolute atomic E-state index is 10.2. The maximum Gasteiger partial charge on any atom is 0.269 e. The van der Waals surface area contributed by atoms with Crippen LogP contribution in [0.25, 0.3) is 11.1 Å². The zero-order valence-corrected chi connectivity index (χ0v) is 37.4. The van der Waals surface area contributed by atoms with Crippen LogP contribution in [-0.2, 0) is 0 Å². The van der Waals surface area contributed by atoms with Crippen molar-refractivity contribution in [3.05, 3.63) is 129 Å². The van der Waals surface area contributed by atoms with Crippen molar-refractivity contribution in [1.82, 2.24) is 0 Å². The van der Waals surface area contributed by atoms with Crippen molar-refractivity contribution in [1.29, 1.82) is 0 Å². The summed E-state index contributed by atoms with van der Waals surface area (Å²) in [5.41, 5.74) is 10.3. The van der Waals surface area contributed by atoms with Crippen LogP contribution in [0.4, 0.5) is 11.4 Å². The second-order valence-corrected chi connectivity index (χ2v) is 14.8. The minimum absolute atomic E-state index is 0.00805. The molecule has 0 heterocycles. The Labute approximate surface area is 343 Å². The largest absolute Gasteiger partial charge is 0.388 e. The normalized spacial score (nSPS) is 18.5. The van der Waals surface area contributed by atoms with Crippen LogP contribution in [0.1, 0.15) is 162 Å². The number of nitro groups is 1. The Hall–Kier alpha value is -4.36. The number of hydrogen-bond donors (Lipinski definition) is 1. The number of benzene rings is 3. The van der Waals surface area contributed by atoms with Crippen LogP contribution in [0.2, 0.25) is 0 Å². The predicted octanol–water partition coefficient (Wildman–Crippen LogP) is 15.9. The highest BCUT2D eigenvalue weighted by atomic mass is 16.6. The zero-order chi connectivity index (χ0) is 42.2. The highest BCUT2D eigenvalue weighted by Gasteiger charge is 2.32. The quantitative estimate of drug-likeness (QED) is 0.127. The number of allylic oxidation sites excluding steroid dienone is 6. The molecular weight excluding hydrogens is 685 g/mol. The number of nitrogens with one attached hydrogen (secondary N) is 1. The van der Waals surface area contributed by atoms with E-state index in [1.54, 1.807) is 19.2 Å². The van der Waals surface area contributed by atoms with Gasteiger partial charge in [0, 0.05) is 24.9 Å². The van der Waals surface area contributed by atoms with Crippen molar-refractivity contribution < 1.29 is 4.92 Å². The van der Waals surface area contributed by atoms with E-state index >= 15 is 0 Å². The van der Waals surface area contributed by atoms with Gasteiger partial charge in [-0.2, -0.15) is 0 Å². The van der Waals surface area contributed by atoms with E-state index in [1.165, 1.54) is 89.6 Å². The third-order valence-electron chi connectivity index (χ3n) is 10.3. The molecule has 3 aliphatic carbocycles. The van der Waals surface area contributed by atoms with Crippen LogP contribution in [-0.4, -0.2) is 12.0 Å². The number of nitrogens with zero attached hydrogens (tertiary/aromatic N) is 1. The van der Waals surface area contributed by atoms with Crippen molar-refractivity contribution in [3.8, 4) is 12.3 Å². The van der Waals surface area contributed by atoms with Gasteiger partial charge in [-0.15, -0.1) is 6.42 Å². The number of rotatable bonds is 10. The van der Waals surface area contributed by atoms with E-state index in [4.69, 9.17) is 6.42 Å². The number of terminal acetylenes is 1. The van der Waals surface area contributed by atoms with E-state index in [1.807, 2.05) is 41.5 Å². The second-order valence-electron chi connectivity index (χ2n) is 14.8. The van der Waals surface area contributed by atoms with Crippen molar-refractivity contribution in [2.24, 2.45) is 23.7 Å². The van der Waals surface area contributed by atoms with Crippen LogP contribution in [0.15, 0.2) is 96.6 Å². The first-order chi connectivity index (χ1) is 27.1. The Morgan fingerprint density at radius 2 is 1.30 bits per heavy atom. The molecule has 4 heteroatoms. The fraction of sp³-hybridized carbons (Fsp3) is 0.500. The molecule has 4 nitrogen and oxygen atoms in total. The van der Waals surface area contributed by atoms with Gasteiger partial charge in [0.25, 0.3) is 5.69 Å². The minimum Gasteiger partial charge on any atom is -0.388 e. The van der Waals surface area contributed by atoms with E-state index in [2.05, 4.69) is 120 Å². The molecule has 306 valence electrons. The first kappa shape index (κ1) is 49.7. The SMILES string of the molecule is C#CC1C(c2ccc(C3CCC3CC(C)C)cc2)=CC=C(c2ccc(C3CC3)cc2)/C1=C\CC.CC.CC.CC.CCC(C)C.CNc1ccc([N+](=O)[O-])cc1. The van der Waals surface area contributed by atoms with E-state index in [9.17, 15) is 10.1 Å². The number of anilines is 1. The average molecular weight is 761 g/mol. The highest BCUT2D eigenvalue weighted by Crippen LogP contribution is 2.47. The van der Waals surface area contributed by atoms with Gasteiger partial charge in [0.2, 0.25) is 0 Å². The lowest BCUT2D eigenvalue weighted by Gasteiger charge is -2.38. The van der Waals surface area contributed by atoms with Gasteiger partial charge < -0.3 is 5.32 Å². The molecule has 1 N–H and O–H groups in total. The molecule has 3 aromatic carbocycles. The molecule has 0 saturated heterocycles. The molecule has 0 amide bonds. The van der Waals surface area contributed by atoms with Gasteiger partial charge in [0.05, 0.1) is 10.8 Å². The van der Waals surface area contributed by atoms with Crippen LogP contribution >= 0.6 is 0 Å². The molecule has 2 fully saturated rings. The monoisotopic (exact) mass is 761 g/mol. The summed E-state index contributed by atoms with van der Waals surface area (Å²) in [5.74, 6) is 7.18. The van der Waals surface area contributed by atoms with Gasteiger partial charge in [-0.1, -0.05) is 162 Å². The molecule has 3 aliphatic rings. The lowest BCUT2D eigenvalue weighted by molar-refractivity contribution is -0.384. The van der Waals surface area contributed by atoms with Crippen LogP contribution in [0.5, 0.6) is 0 Å². The fourth-order valence-corrected chi connectivity index (χ4v) is 6.76. The summed E-state index contributed by atoms with van der Waals surface area (Å²) in [4.78, 5) is 9.77. The molecule has 0 bridgehead atoms. The summed E-state index contributed by atoms with van der Waals surface area (Å²) in [6.07, 6.45) is 22.1. The van der Waals surface area contributed by atoms with E-state index in [-0.39, 0.29) is 11.6 Å². The van der Waals surface area contributed by atoms with Crippen LogP contribution in [0, 0.1) is 46.1 Å². The predicted molar refractivity (Wildman–Crippen MR) is 248 cm³/mol. The zero-order valence-electron chi connectivity index (χ0n) is 37.4. The Bertz CT molecular complexity index is 1660. The lowest BCUT2D eigenvalue weighted by Crippen LogP contribution is -2.25. The third kappa shape index (κ3) is 15.3. The summed E-state index contributed by atoms with van der Waals surface area (Å²) in [6.45, 7) is 25.5. The molecule has 2 saturated carbocycles. The molecule has 0 spiro atoms. The minimum atomic E-state index is -0.417. The number of non-ortho nitro benzene ring substituents is 1. The molecule has 0 aliphatic heterocycles. The molecule has 3 unspecified atom stereocenters. The molecule has 56 heavy (non-hydrogen) atoms. The van der Waals surface area contributed by atoms with Crippen molar-refractivity contribution >= 4 is 22.5 Å². The van der Waals surface area contributed by atoms with Crippen LogP contribution < -0.4 is 5.32 Å². The van der Waals surface area contributed by atoms with E-state index in [0.29, 0.717) is 0 Å². The summed E-state index contributed by atoms with van der Waals surface area (Å²) >= 11 is 0. The van der Waals surface area contributed by atoms with Gasteiger partial charge in [-0.05, 0) is 119 Å². The summed E-state index contributed by atoms with van der Waals surface area (Å²) < 4.78 is 0. The molecule has 3 aromatic rings. The van der Waals surface area contributed by atoms with Gasteiger partial charge >= 0.3 is 0 Å². The van der Waals surface area contributed by atoms with Gasteiger partial charge in [0.1, 0.15) is 0 Å². The average Bonchev–Trinajstić information content (AvgIpc) is 4.09. The highest BCUT2D eigenvalue weighted by molar-refractivity contribution is 5.91. The topological polar surface area (TPSA) is 55.2 Å². The van der Waals surface area contributed by atoms with Crippen molar-refractivity contribution in [3.63, 3.8) is 0 Å². The van der Waals surface area contributed by atoms with Gasteiger partial charge in [0.15, 0.2) is 0 Å². The Morgan fingerprint density at radius 3 is 1.71 bits per heavy atom. The summed E-state index contributed by atoms with van der Waals surface area (Å²) in [6, 6.07) is 24.8. The summed E-state index contributed by atoms with van der Waals surface area (Å²) in [7, 11) is 1.77. The number of hydrogen-bond acceptors (Lipinski definition) is 3.